The molecule has 0 aliphatic carbocycles. The van der Waals surface area contributed by atoms with Crippen LogP contribution in [0.4, 0.5) is 4.39 Å². The maximum Gasteiger partial charge on any atom is 0.123 e. The van der Waals surface area contributed by atoms with Crippen LogP contribution in [-0.4, -0.2) is 22.9 Å². The molecule has 1 aliphatic heterocycles. The van der Waals surface area contributed by atoms with Gasteiger partial charge in [0.2, 0.25) is 0 Å². The number of hydrogen-bond acceptors (Lipinski definition) is 2. The van der Waals surface area contributed by atoms with Gasteiger partial charge < -0.3 is 0 Å². The number of hydrogen-bond donors (Lipinski definition) is 0. The van der Waals surface area contributed by atoms with Gasteiger partial charge in [-0.2, -0.15) is 0 Å². The minimum absolute atomic E-state index is 0.176. The van der Waals surface area contributed by atoms with E-state index < -0.39 is 0 Å². The van der Waals surface area contributed by atoms with Crippen LogP contribution in [-0.2, 0) is 19.5 Å². The molecule has 0 unspecified atom stereocenters. The van der Waals surface area contributed by atoms with Gasteiger partial charge in [0.05, 0.1) is 6.17 Å². The lowest BCUT2D eigenvalue weighted by Crippen LogP contribution is -2.46. The first-order valence-electron chi connectivity index (χ1n) is 11.0. The molecule has 1 atom stereocenters. The topological polar surface area (TPSA) is 6.48 Å². The Morgan fingerprint density at radius 1 is 0.733 bits per heavy atom. The fraction of sp³-hybridized carbons (Fsp3) is 0.333. The largest absolute Gasteiger partial charge is 0.280 e. The van der Waals surface area contributed by atoms with Crippen molar-refractivity contribution in [2.45, 2.75) is 45.9 Å². The van der Waals surface area contributed by atoms with E-state index in [1.807, 2.05) is 12.1 Å². The summed E-state index contributed by atoms with van der Waals surface area (Å²) in [6.07, 6.45) is 2.41. The predicted octanol–water partition coefficient (Wildman–Crippen LogP) is 6.10. The Hall–Kier alpha value is -2.49. The molecule has 1 heterocycles. The van der Waals surface area contributed by atoms with Crippen molar-refractivity contribution in [2.24, 2.45) is 0 Å². The van der Waals surface area contributed by atoms with E-state index in [0.717, 1.165) is 44.6 Å². The van der Waals surface area contributed by atoms with Crippen molar-refractivity contribution in [2.75, 3.05) is 13.1 Å². The Morgan fingerprint density at radius 3 is 1.77 bits per heavy atom. The molecule has 1 saturated heterocycles. The zero-order chi connectivity index (χ0) is 20.9. The van der Waals surface area contributed by atoms with Crippen LogP contribution >= 0.6 is 0 Å². The van der Waals surface area contributed by atoms with Gasteiger partial charge in [0.1, 0.15) is 5.82 Å². The highest BCUT2D eigenvalue weighted by Gasteiger charge is 2.30. The van der Waals surface area contributed by atoms with Gasteiger partial charge in [0, 0.05) is 26.2 Å². The zero-order valence-electron chi connectivity index (χ0n) is 18.0. The first kappa shape index (κ1) is 20.8. The minimum atomic E-state index is -0.176. The quantitative estimate of drug-likeness (QED) is 0.491. The van der Waals surface area contributed by atoms with Gasteiger partial charge in [-0.25, -0.2) is 4.39 Å². The van der Waals surface area contributed by atoms with E-state index in [2.05, 4.69) is 72.2 Å². The van der Waals surface area contributed by atoms with Gasteiger partial charge in [0.25, 0.3) is 0 Å². The van der Waals surface area contributed by atoms with Crippen molar-refractivity contribution in [3.8, 4) is 0 Å². The minimum Gasteiger partial charge on any atom is -0.280 e. The number of nitrogens with zero attached hydrogens (tertiary/aromatic N) is 2. The van der Waals surface area contributed by atoms with Crippen LogP contribution in [0.25, 0.3) is 0 Å². The molecule has 4 rings (SSSR count). The normalized spacial score (nSPS) is 17.9. The Labute approximate surface area is 180 Å². The fourth-order valence-corrected chi connectivity index (χ4v) is 4.38. The molecule has 0 saturated carbocycles. The molecule has 0 N–H and O–H groups in total. The summed E-state index contributed by atoms with van der Waals surface area (Å²) in [4.78, 5) is 5.12. The summed E-state index contributed by atoms with van der Waals surface area (Å²) in [6.45, 7) is 8.20. The lowest BCUT2D eigenvalue weighted by atomic mass is 10.0. The van der Waals surface area contributed by atoms with E-state index >= 15 is 0 Å². The average molecular weight is 403 g/mol. The maximum atomic E-state index is 13.4. The molecule has 0 radical (unpaired) electrons. The van der Waals surface area contributed by atoms with Crippen LogP contribution in [0.15, 0.2) is 72.8 Å². The molecular weight excluding hydrogens is 371 g/mol. The Bertz CT molecular complexity index is 877. The first-order valence-corrected chi connectivity index (χ1v) is 11.0. The van der Waals surface area contributed by atoms with Gasteiger partial charge in [-0.05, 0) is 54.2 Å². The second-order valence-corrected chi connectivity index (χ2v) is 8.38. The van der Waals surface area contributed by atoms with Crippen molar-refractivity contribution >= 4 is 0 Å². The van der Waals surface area contributed by atoms with Gasteiger partial charge >= 0.3 is 0 Å². The van der Waals surface area contributed by atoms with Crippen molar-refractivity contribution in [1.29, 1.82) is 0 Å². The van der Waals surface area contributed by atoms with Crippen molar-refractivity contribution in [3.63, 3.8) is 0 Å². The second-order valence-electron chi connectivity index (χ2n) is 8.38. The summed E-state index contributed by atoms with van der Waals surface area (Å²) in [5, 5.41) is 0. The highest BCUT2D eigenvalue weighted by atomic mass is 19.1. The molecule has 156 valence electrons. The number of aryl methyl sites for hydroxylation is 2. The summed E-state index contributed by atoms with van der Waals surface area (Å²) < 4.78 is 13.4. The lowest BCUT2D eigenvalue weighted by molar-refractivity contribution is -0.00910. The third-order valence-electron chi connectivity index (χ3n) is 6.07. The second kappa shape index (κ2) is 9.55. The number of halogens is 1. The van der Waals surface area contributed by atoms with Crippen molar-refractivity contribution < 1.29 is 4.39 Å². The predicted molar refractivity (Wildman–Crippen MR) is 122 cm³/mol. The third-order valence-corrected chi connectivity index (χ3v) is 6.07. The number of benzene rings is 3. The van der Waals surface area contributed by atoms with Crippen LogP contribution in [0.3, 0.4) is 0 Å². The van der Waals surface area contributed by atoms with Crippen LogP contribution in [0.1, 0.15) is 47.3 Å². The highest BCUT2D eigenvalue weighted by molar-refractivity contribution is 5.27. The van der Waals surface area contributed by atoms with Crippen LogP contribution < -0.4 is 0 Å². The summed E-state index contributed by atoms with van der Waals surface area (Å²) >= 11 is 0. The monoisotopic (exact) mass is 402 g/mol. The molecule has 0 bridgehead atoms. The molecule has 0 spiro atoms. The smallest absolute Gasteiger partial charge is 0.123 e. The van der Waals surface area contributed by atoms with E-state index in [1.54, 1.807) is 12.1 Å². The SMILES string of the molecule is CCc1ccc([C@H]2N(Cc3ccc(C)cc3)CCCN2Cc2ccc(F)cc2)cc1. The fourth-order valence-electron chi connectivity index (χ4n) is 4.38. The van der Waals surface area contributed by atoms with Gasteiger partial charge in [-0.15, -0.1) is 0 Å². The summed E-state index contributed by atoms with van der Waals surface area (Å²) in [5.41, 5.74) is 6.50. The van der Waals surface area contributed by atoms with E-state index in [0.29, 0.717) is 0 Å². The van der Waals surface area contributed by atoms with Crippen molar-refractivity contribution in [1.82, 2.24) is 9.80 Å². The summed E-state index contributed by atoms with van der Waals surface area (Å²) in [6, 6.07) is 24.9. The maximum absolute atomic E-state index is 13.4. The van der Waals surface area contributed by atoms with Gasteiger partial charge in [-0.1, -0.05) is 73.2 Å². The summed E-state index contributed by atoms with van der Waals surface area (Å²) in [7, 11) is 0. The molecule has 30 heavy (non-hydrogen) atoms. The van der Waals surface area contributed by atoms with Crippen molar-refractivity contribution in [3.05, 3.63) is 106 Å². The molecule has 1 aliphatic rings. The molecule has 3 heteroatoms. The molecule has 3 aromatic carbocycles. The lowest BCUT2D eigenvalue weighted by Gasteiger charge is -2.44. The number of rotatable bonds is 6. The van der Waals surface area contributed by atoms with E-state index in [-0.39, 0.29) is 12.0 Å². The highest BCUT2D eigenvalue weighted by Crippen LogP contribution is 2.32. The van der Waals surface area contributed by atoms with Gasteiger partial charge in [0.15, 0.2) is 0 Å². The Balaban J connectivity index is 1.62. The van der Waals surface area contributed by atoms with Crippen LogP contribution in [0, 0.1) is 12.7 Å². The standard InChI is InChI=1S/C27H31FN2/c1-3-22-9-13-25(14-10-22)27-29(19-23-7-5-21(2)6-8-23)17-4-18-30(27)20-24-11-15-26(28)16-12-24/h5-16,27H,3-4,17-20H2,1-2H3/t27-/m0/s1. The molecule has 2 nitrogen and oxygen atoms in total. The van der Waals surface area contributed by atoms with E-state index in [4.69, 9.17) is 0 Å². The van der Waals surface area contributed by atoms with E-state index in [9.17, 15) is 4.39 Å². The Morgan fingerprint density at radius 2 is 1.23 bits per heavy atom. The summed E-state index contributed by atoms with van der Waals surface area (Å²) in [5.74, 6) is -0.176. The molecule has 3 aromatic rings. The van der Waals surface area contributed by atoms with Crippen LogP contribution in [0.2, 0.25) is 0 Å². The van der Waals surface area contributed by atoms with Crippen LogP contribution in [0.5, 0.6) is 0 Å². The van der Waals surface area contributed by atoms with E-state index in [1.165, 1.54) is 22.3 Å². The zero-order valence-corrected chi connectivity index (χ0v) is 18.0. The molecule has 0 aromatic heterocycles. The average Bonchev–Trinajstić information content (AvgIpc) is 2.77. The third kappa shape index (κ3) is 4.97. The van der Waals surface area contributed by atoms with Gasteiger partial charge in [-0.3, -0.25) is 9.80 Å². The Kier molecular flexibility index (Phi) is 6.61. The molecular formula is C27H31FN2. The molecule has 0 amide bonds. The molecule has 1 fully saturated rings. The first-order chi connectivity index (χ1) is 14.6.